The van der Waals surface area contributed by atoms with E-state index in [0.29, 0.717) is 12.5 Å². The molecule has 1 rings (SSSR count). The first kappa shape index (κ1) is 14.5. The molecule has 4 heteroatoms. The molecule has 0 bridgehead atoms. The third kappa shape index (κ3) is 4.64. The maximum atomic E-state index is 11.6. The van der Waals surface area contributed by atoms with Crippen LogP contribution in [0.15, 0.2) is 0 Å². The molecule has 100 valence electrons. The van der Waals surface area contributed by atoms with Gasteiger partial charge in [0.05, 0.1) is 0 Å². The predicted molar refractivity (Wildman–Crippen MR) is 66.4 cm³/mol. The summed E-state index contributed by atoms with van der Waals surface area (Å²) < 4.78 is 5.37. The molecule has 3 atom stereocenters. The van der Waals surface area contributed by atoms with E-state index in [9.17, 15) is 9.90 Å². The van der Waals surface area contributed by atoms with E-state index < -0.39 is 12.1 Å². The first-order valence-corrected chi connectivity index (χ1v) is 6.42. The fourth-order valence-electron chi connectivity index (χ4n) is 2.87. The van der Waals surface area contributed by atoms with E-state index in [2.05, 4.69) is 20.8 Å². The highest BCUT2D eigenvalue weighted by Crippen LogP contribution is 2.39. The molecule has 0 aliphatic heterocycles. The molecule has 17 heavy (non-hydrogen) atoms. The highest BCUT2D eigenvalue weighted by atomic mass is 16.6. The van der Waals surface area contributed by atoms with Gasteiger partial charge in [-0.3, -0.25) is 0 Å². The van der Waals surface area contributed by atoms with Crippen LogP contribution in [0, 0.1) is 11.3 Å². The molecule has 1 aliphatic rings. The monoisotopic (exact) mass is 243 g/mol. The van der Waals surface area contributed by atoms with Crippen molar-refractivity contribution in [3.05, 3.63) is 0 Å². The van der Waals surface area contributed by atoms with Crippen LogP contribution in [0.3, 0.4) is 0 Å². The molecule has 0 aromatic carbocycles. The highest BCUT2D eigenvalue weighted by molar-refractivity contribution is 5.74. The Morgan fingerprint density at radius 3 is 2.71 bits per heavy atom. The summed E-state index contributed by atoms with van der Waals surface area (Å²) in [6.07, 6.45) is 2.06. The van der Waals surface area contributed by atoms with Gasteiger partial charge in [0.15, 0.2) is 6.10 Å². The summed E-state index contributed by atoms with van der Waals surface area (Å²) >= 11 is 0. The maximum absolute atomic E-state index is 11.6. The molecule has 0 aromatic rings. The van der Waals surface area contributed by atoms with Gasteiger partial charge >= 0.3 is 5.97 Å². The van der Waals surface area contributed by atoms with Crippen LogP contribution in [0.25, 0.3) is 0 Å². The third-order valence-electron chi connectivity index (χ3n) is 3.34. The van der Waals surface area contributed by atoms with Gasteiger partial charge in [-0.05, 0) is 43.6 Å². The molecule has 3 N–H and O–H groups in total. The van der Waals surface area contributed by atoms with Crippen molar-refractivity contribution in [2.75, 3.05) is 6.54 Å². The van der Waals surface area contributed by atoms with Gasteiger partial charge in [0, 0.05) is 0 Å². The number of ether oxygens (including phenoxy) is 1. The Morgan fingerprint density at radius 2 is 2.18 bits per heavy atom. The van der Waals surface area contributed by atoms with Crippen LogP contribution in [0.5, 0.6) is 0 Å². The summed E-state index contributed by atoms with van der Waals surface area (Å²) in [5.74, 6) is 0.0357. The van der Waals surface area contributed by atoms with Crippen LogP contribution in [-0.2, 0) is 9.53 Å². The van der Waals surface area contributed by atoms with Gasteiger partial charge in [0.1, 0.15) is 6.10 Å². The molecular weight excluding hydrogens is 218 g/mol. The number of aliphatic hydroxyl groups is 1. The van der Waals surface area contributed by atoms with E-state index in [0.717, 1.165) is 19.3 Å². The summed E-state index contributed by atoms with van der Waals surface area (Å²) in [5, 5.41) is 9.49. The standard InChI is InChI=1S/C13H25NO3/c1-9-6-10(8-13(2,3)7-9)17-12(16)11(15)4-5-14/h9-11,15H,4-8,14H2,1-3H3. The average Bonchev–Trinajstić information content (AvgIpc) is 2.14. The minimum absolute atomic E-state index is 0.0614. The molecule has 0 saturated heterocycles. The quantitative estimate of drug-likeness (QED) is 0.733. The first-order chi connectivity index (χ1) is 7.84. The summed E-state index contributed by atoms with van der Waals surface area (Å²) in [5.41, 5.74) is 5.51. The van der Waals surface area contributed by atoms with Crippen molar-refractivity contribution < 1.29 is 14.6 Å². The largest absolute Gasteiger partial charge is 0.460 e. The smallest absolute Gasteiger partial charge is 0.335 e. The fraction of sp³-hybridized carbons (Fsp3) is 0.923. The second kappa shape index (κ2) is 5.83. The molecule has 1 fully saturated rings. The van der Waals surface area contributed by atoms with Crippen LogP contribution in [0.2, 0.25) is 0 Å². The SMILES string of the molecule is CC1CC(OC(=O)C(O)CCN)CC(C)(C)C1. The Bertz CT molecular complexity index is 265. The van der Waals surface area contributed by atoms with E-state index in [4.69, 9.17) is 10.5 Å². The van der Waals surface area contributed by atoms with Crippen LogP contribution in [-0.4, -0.2) is 29.8 Å². The highest BCUT2D eigenvalue weighted by Gasteiger charge is 2.34. The minimum atomic E-state index is -1.07. The minimum Gasteiger partial charge on any atom is -0.460 e. The fourth-order valence-corrected chi connectivity index (χ4v) is 2.87. The predicted octanol–water partition coefficient (Wildman–Crippen LogP) is 1.45. The second-order valence-corrected chi connectivity index (χ2v) is 6.07. The van der Waals surface area contributed by atoms with Crippen molar-refractivity contribution in [2.45, 2.75) is 58.7 Å². The molecular formula is C13H25NO3. The van der Waals surface area contributed by atoms with Gasteiger partial charge in [-0.15, -0.1) is 0 Å². The van der Waals surface area contributed by atoms with Gasteiger partial charge in [-0.2, -0.15) is 0 Å². The molecule has 0 heterocycles. The van der Waals surface area contributed by atoms with Crippen LogP contribution >= 0.6 is 0 Å². The molecule has 1 saturated carbocycles. The summed E-state index contributed by atoms with van der Waals surface area (Å²) in [6.45, 7) is 6.86. The zero-order valence-corrected chi connectivity index (χ0v) is 11.1. The Balaban J connectivity index is 2.48. The van der Waals surface area contributed by atoms with Crippen LogP contribution in [0.4, 0.5) is 0 Å². The van der Waals surface area contributed by atoms with Gasteiger partial charge < -0.3 is 15.6 Å². The van der Waals surface area contributed by atoms with Crippen molar-refractivity contribution in [2.24, 2.45) is 17.1 Å². The molecule has 0 radical (unpaired) electrons. The van der Waals surface area contributed by atoms with Gasteiger partial charge in [-0.1, -0.05) is 20.8 Å². The normalized spacial score (nSPS) is 29.7. The number of hydrogen-bond donors (Lipinski definition) is 2. The Morgan fingerprint density at radius 1 is 1.53 bits per heavy atom. The number of hydrogen-bond acceptors (Lipinski definition) is 4. The van der Waals surface area contributed by atoms with Crippen molar-refractivity contribution in [1.82, 2.24) is 0 Å². The van der Waals surface area contributed by atoms with E-state index in [-0.39, 0.29) is 17.9 Å². The summed E-state index contributed by atoms with van der Waals surface area (Å²) in [4.78, 5) is 11.6. The van der Waals surface area contributed by atoms with E-state index >= 15 is 0 Å². The topological polar surface area (TPSA) is 72.5 Å². The molecule has 0 aromatic heterocycles. The lowest BCUT2D eigenvalue weighted by Crippen LogP contribution is -2.37. The van der Waals surface area contributed by atoms with Gasteiger partial charge in [-0.25, -0.2) is 4.79 Å². The number of carbonyl (C=O) groups is 1. The average molecular weight is 243 g/mol. The van der Waals surface area contributed by atoms with E-state index in [1.54, 1.807) is 0 Å². The number of carbonyl (C=O) groups excluding carboxylic acids is 1. The Labute approximate surface area is 104 Å². The van der Waals surface area contributed by atoms with E-state index in [1.807, 2.05) is 0 Å². The lowest BCUT2D eigenvalue weighted by Gasteiger charge is -2.38. The number of rotatable bonds is 4. The van der Waals surface area contributed by atoms with Crippen molar-refractivity contribution in [3.63, 3.8) is 0 Å². The van der Waals surface area contributed by atoms with Crippen molar-refractivity contribution in [3.8, 4) is 0 Å². The Hall–Kier alpha value is -0.610. The summed E-state index contributed by atoms with van der Waals surface area (Å²) in [6, 6.07) is 0. The van der Waals surface area contributed by atoms with Crippen molar-refractivity contribution in [1.29, 1.82) is 0 Å². The van der Waals surface area contributed by atoms with Crippen molar-refractivity contribution >= 4 is 5.97 Å². The lowest BCUT2D eigenvalue weighted by atomic mass is 9.71. The molecule has 0 spiro atoms. The molecule has 3 unspecified atom stereocenters. The van der Waals surface area contributed by atoms with Gasteiger partial charge in [0.25, 0.3) is 0 Å². The molecule has 1 aliphatic carbocycles. The number of esters is 1. The maximum Gasteiger partial charge on any atom is 0.335 e. The van der Waals surface area contributed by atoms with Crippen LogP contribution in [0.1, 0.15) is 46.5 Å². The van der Waals surface area contributed by atoms with Gasteiger partial charge in [0.2, 0.25) is 0 Å². The number of aliphatic hydroxyl groups excluding tert-OH is 1. The zero-order valence-electron chi connectivity index (χ0n) is 11.1. The number of nitrogens with two attached hydrogens (primary N) is 1. The zero-order chi connectivity index (χ0) is 13.1. The molecule has 4 nitrogen and oxygen atoms in total. The first-order valence-electron chi connectivity index (χ1n) is 6.42. The Kier molecular flexibility index (Phi) is 4.95. The summed E-state index contributed by atoms with van der Waals surface area (Å²) in [7, 11) is 0. The second-order valence-electron chi connectivity index (χ2n) is 6.07. The lowest BCUT2D eigenvalue weighted by molar-refractivity contribution is -0.163. The molecule has 0 amide bonds. The van der Waals surface area contributed by atoms with E-state index in [1.165, 1.54) is 0 Å². The van der Waals surface area contributed by atoms with Crippen LogP contribution < -0.4 is 5.73 Å². The third-order valence-corrected chi connectivity index (χ3v) is 3.34.